The lowest BCUT2D eigenvalue weighted by Crippen LogP contribution is -2.03. The molecule has 0 aliphatic carbocycles. The zero-order valence-electron chi connectivity index (χ0n) is 9.08. The van der Waals surface area contributed by atoms with E-state index in [0.29, 0.717) is 11.4 Å². The second kappa shape index (κ2) is 4.21. The van der Waals surface area contributed by atoms with Gasteiger partial charge in [0, 0.05) is 5.56 Å². The minimum atomic E-state index is -1.03. The second-order valence-electron chi connectivity index (χ2n) is 3.57. The average Bonchev–Trinajstić information content (AvgIpc) is 2.30. The highest BCUT2D eigenvalue weighted by molar-refractivity contribution is 5.95. The minimum Gasteiger partial charge on any atom is -0.505 e. The Hall–Kier alpha value is -2.43. The van der Waals surface area contributed by atoms with Crippen molar-refractivity contribution >= 4 is 5.97 Å². The van der Waals surface area contributed by atoms with E-state index in [1.54, 1.807) is 19.1 Å². The molecule has 0 saturated heterocycles. The summed E-state index contributed by atoms with van der Waals surface area (Å²) in [5.41, 5.74) is 1.39. The minimum absolute atomic E-state index is 0.0563. The molecule has 0 aliphatic rings. The molecule has 5 heteroatoms. The highest BCUT2D eigenvalue weighted by Gasteiger charge is 2.15. The van der Waals surface area contributed by atoms with E-state index in [-0.39, 0.29) is 11.3 Å². The number of carboxylic acids is 1. The van der Waals surface area contributed by atoms with Crippen molar-refractivity contribution in [2.75, 3.05) is 0 Å². The SMILES string of the molecule is Cc1cccc(C(=O)O)c1-c1ncc(O)cn1. The first kappa shape index (κ1) is 11.1. The van der Waals surface area contributed by atoms with Crippen LogP contribution in [0, 0.1) is 6.92 Å². The van der Waals surface area contributed by atoms with E-state index >= 15 is 0 Å². The molecule has 1 aromatic heterocycles. The van der Waals surface area contributed by atoms with E-state index in [2.05, 4.69) is 9.97 Å². The number of benzene rings is 1. The summed E-state index contributed by atoms with van der Waals surface area (Å²) in [5.74, 6) is -0.794. The third-order valence-electron chi connectivity index (χ3n) is 2.37. The lowest BCUT2D eigenvalue weighted by Gasteiger charge is -2.07. The molecule has 1 heterocycles. The molecular weight excluding hydrogens is 220 g/mol. The van der Waals surface area contributed by atoms with Gasteiger partial charge in [-0.1, -0.05) is 12.1 Å². The number of carbonyl (C=O) groups is 1. The Kier molecular flexibility index (Phi) is 2.74. The van der Waals surface area contributed by atoms with E-state index in [9.17, 15) is 4.79 Å². The van der Waals surface area contributed by atoms with Crippen molar-refractivity contribution in [1.29, 1.82) is 0 Å². The van der Waals surface area contributed by atoms with E-state index in [0.717, 1.165) is 5.56 Å². The molecule has 86 valence electrons. The van der Waals surface area contributed by atoms with Crippen molar-refractivity contribution in [3.63, 3.8) is 0 Å². The molecule has 0 fully saturated rings. The standard InChI is InChI=1S/C12H10N2O3/c1-7-3-2-4-9(12(16)17)10(7)11-13-5-8(15)6-14-11/h2-6,15H,1H3,(H,16,17). The number of aryl methyl sites for hydroxylation is 1. The van der Waals surface area contributed by atoms with Crippen LogP contribution in [0.2, 0.25) is 0 Å². The van der Waals surface area contributed by atoms with Crippen LogP contribution in [-0.4, -0.2) is 26.2 Å². The highest BCUT2D eigenvalue weighted by atomic mass is 16.4. The molecule has 0 amide bonds. The van der Waals surface area contributed by atoms with Crippen molar-refractivity contribution in [2.45, 2.75) is 6.92 Å². The summed E-state index contributed by atoms with van der Waals surface area (Å²) in [6.07, 6.45) is 2.47. The van der Waals surface area contributed by atoms with Gasteiger partial charge >= 0.3 is 5.97 Å². The Labute approximate surface area is 97.4 Å². The topological polar surface area (TPSA) is 83.3 Å². The van der Waals surface area contributed by atoms with Crippen molar-refractivity contribution in [1.82, 2.24) is 9.97 Å². The van der Waals surface area contributed by atoms with Gasteiger partial charge in [-0.3, -0.25) is 0 Å². The number of rotatable bonds is 2. The summed E-state index contributed by atoms with van der Waals surface area (Å²) < 4.78 is 0. The maximum absolute atomic E-state index is 11.1. The van der Waals surface area contributed by atoms with Crippen LogP contribution in [0.3, 0.4) is 0 Å². The summed E-state index contributed by atoms with van der Waals surface area (Å²) >= 11 is 0. The monoisotopic (exact) mass is 230 g/mol. The number of hydrogen-bond donors (Lipinski definition) is 2. The third-order valence-corrected chi connectivity index (χ3v) is 2.37. The van der Waals surface area contributed by atoms with E-state index in [4.69, 9.17) is 10.2 Å². The summed E-state index contributed by atoms with van der Waals surface area (Å²) in [7, 11) is 0. The molecule has 2 aromatic rings. The molecule has 0 bridgehead atoms. The van der Waals surface area contributed by atoms with Crippen LogP contribution in [0.5, 0.6) is 5.75 Å². The summed E-state index contributed by atoms with van der Waals surface area (Å²) in [6, 6.07) is 4.96. The fourth-order valence-electron chi connectivity index (χ4n) is 1.59. The maximum Gasteiger partial charge on any atom is 0.336 e. The van der Waals surface area contributed by atoms with Gasteiger partial charge in [-0.05, 0) is 18.6 Å². The van der Waals surface area contributed by atoms with Crippen molar-refractivity contribution in [2.24, 2.45) is 0 Å². The molecule has 0 radical (unpaired) electrons. The van der Waals surface area contributed by atoms with E-state index in [1.807, 2.05) is 0 Å². The van der Waals surface area contributed by atoms with Crippen LogP contribution < -0.4 is 0 Å². The van der Waals surface area contributed by atoms with Crippen LogP contribution in [0.4, 0.5) is 0 Å². The average molecular weight is 230 g/mol. The fourth-order valence-corrected chi connectivity index (χ4v) is 1.59. The zero-order valence-corrected chi connectivity index (χ0v) is 9.08. The van der Waals surface area contributed by atoms with Gasteiger partial charge in [0.1, 0.15) is 0 Å². The Morgan fingerprint density at radius 3 is 2.47 bits per heavy atom. The molecule has 0 saturated carbocycles. The van der Waals surface area contributed by atoms with E-state index in [1.165, 1.54) is 18.5 Å². The van der Waals surface area contributed by atoms with Gasteiger partial charge in [0.2, 0.25) is 0 Å². The Morgan fingerprint density at radius 2 is 1.88 bits per heavy atom. The largest absolute Gasteiger partial charge is 0.505 e. The number of hydrogen-bond acceptors (Lipinski definition) is 4. The van der Waals surface area contributed by atoms with Crippen LogP contribution in [0.15, 0.2) is 30.6 Å². The fraction of sp³-hybridized carbons (Fsp3) is 0.0833. The van der Waals surface area contributed by atoms with Crippen LogP contribution in [0.1, 0.15) is 15.9 Å². The van der Waals surface area contributed by atoms with E-state index < -0.39 is 5.97 Å². The van der Waals surface area contributed by atoms with Gasteiger partial charge < -0.3 is 10.2 Å². The first-order valence-electron chi connectivity index (χ1n) is 4.94. The number of aromatic hydroxyl groups is 1. The molecule has 0 atom stereocenters. The summed E-state index contributed by atoms with van der Waals surface area (Å²) in [5, 5.41) is 18.2. The van der Waals surface area contributed by atoms with Crippen molar-refractivity contribution < 1.29 is 15.0 Å². The second-order valence-corrected chi connectivity index (χ2v) is 3.57. The lowest BCUT2D eigenvalue weighted by atomic mass is 10.0. The third kappa shape index (κ3) is 2.08. The van der Waals surface area contributed by atoms with Crippen molar-refractivity contribution in [3.05, 3.63) is 41.7 Å². The summed E-state index contributed by atoms with van der Waals surface area (Å²) in [4.78, 5) is 19.0. The molecule has 0 unspecified atom stereocenters. The number of carboxylic acid groups (broad SMARTS) is 1. The van der Waals surface area contributed by atoms with Gasteiger partial charge in [-0.25, -0.2) is 14.8 Å². The Bertz CT molecular complexity index is 564. The smallest absolute Gasteiger partial charge is 0.336 e. The predicted octanol–water partition coefficient (Wildman–Crippen LogP) is 1.86. The Morgan fingerprint density at radius 1 is 1.24 bits per heavy atom. The van der Waals surface area contributed by atoms with Gasteiger partial charge in [0.15, 0.2) is 11.6 Å². The van der Waals surface area contributed by atoms with Gasteiger partial charge in [0.05, 0.1) is 18.0 Å². The normalized spacial score (nSPS) is 10.2. The summed E-state index contributed by atoms with van der Waals surface area (Å²) in [6.45, 7) is 1.79. The molecule has 17 heavy (non-hydrogen) atoms. The highest BCUT2D eigenvalue weighted by Crippen LogP contribution is 2.24. The Balaban J connectivity index is 2.65. The number of nitrogens with zero attached hydrogens (tertiary/aromatic N) is 2. The quantitative estimate of drug-likeness (QED) is 0.822. The molecule has 2 N–H and O–H groups in total. The first-order valence-corrected chi connectivity index (χ1v) is 4.94. The molecule has 1 aromatic carbocycles. The first-order chi connectivity index (χ1) is 8.09. The van der Waals surface area contributed by atoms with Crippen LogP contribution in [-0.2, 0) is 0 Å². The van der Waals surface area contributed by atoms with Crippen LogP contribution >= 0.6 is 0 Å². The molecule has 0 spiro atoms. The number of aromatic carboxylic acids is 1. The van der Waals surface area contributed by atoms with Gasteiger partial charge in [-0.2, -0.15) is 0 Å². The predicted molar refractivity (Wildman–Crippen MR) is 60.8 cm³/mol. The zero-order chi connectivity index (χ0) is 12.4. The number of aromatic nitrogens is 2. The van der Waals surface area contributed by atoms with Gasteiger partial charge in [0.25, 0.3) is 0 Å². The van der Waals surface area contributed by atoms with Crippen LogP contribution in [0.25, 0.3) is 11.4 Å². The molecule has 5 nitrogen and oxygen atoms in total. The molecule has 2 rings (SSSR count). The molecule has 0 aliphatic heterocycles. The molecular formula is C12H10N2O3. The lowest BCUT2D eigenvalue weighted by molar-refractivity contribution is 0.0697. The van der Waals surface area contributed by atoms with Gasteiger partial charge in [-0.15, -0.1) is 0 Å². The maximum atomic E-state index is 11.1. The van der Waals surface area contributed by atoms with Crippen molar-refractivity contribution in [3.8, 4) is 17.1 Å².